The van der Waals surface area contributed by atoms with E-state index in [-0.39, 0.29) is 21.6 Å². The number of rotatable bonds is 2. The first-order valence-electron chi connectivity index (χ1n) is 6.59. The molecule has 0 amide bonds. The minimum atomic E-state index is -3.79. The molecule has 0 saturated carbocycles. The van der Waals surface area contributed by atoms with Gasteiger partial charge in [0.25, 0.3) is 10.0 Å². The molecule has 1 heterocycles. The van der Waals surface area contributed by atoms with Gasteiger partial charge in [0.15, 0.2) is 0 Å². The van der Waals surface area contributed by atoms with Crippen LogP contribution < -0.4 is 10.0 Å². The van der Waals surface area contributed by atoms with Crippen molar-refractivity contribution in [1.29, 1.82) is 0 Å². The first-order chi connectivity index (χ1) is 9.93. The highest BCUT2D eigenvalue weighted by molar-refractivity contribution is 7.93. The van der Waals surface area contributed by atoms with E-state index in [0.29, 0.717) is 12.1 Å². The molecule has 1 aliphatic heterocycles. The summed E-state index contributed by atoms with van der Waals surface area (Å²) in [7, 11) is -3.79. The van der Waals surface area contributed by atoms with Gasteiger partial charge in [-0.3, -0.25) is 4.31 Å². The molecule has 0 radical (unpaired) electrons. The lowest BCUT2D eigenvalue weighted by molar-refractivity contribution is 0.584. The average molecular weight is 323 g/mol. The van der Waals surface area contributed by atoms with E-state index in [1.165, 1.54) is 10.4 Å². The second-order valence-corrected chi connectivity index (χ2v) is 7.30. The summed E-state index contributed by atoms with van der Waals surface area (Å²) < 4.78 is 27.4. The Morgan fingerprint density at radius 3 is 2.62 bits per heavy atom. The third-order valence-corrected chi connectivity index (χ3v) is 6.13. The van der Waals surface area contributed by atoms with E-state index in [1.807, 2.05) is 31.2 Å². The summed E-state index contributed by atoms with van der Waals surface area (Å²) in [5.74, 6) is 0. The zero-order valence-corrected chi connectivity index (χ0v) is 13.0. The van der Waals surface area contributed by atoms with E-state index < -0.39 is 10.0 Å². The Hall–Kier alpha value is -1.72. The number of halogens is 1. The van der Waals surface area contributed by atoms with Crippen molar-refractivity contribution in [3.05, 3.63) is 53.1 Å². The number of anilines is 2. The molecule has 1 unspecified atom stereocenters. The Balaban J connectivity index is 2.20. The fourth-order valence-electron chi connectivity index (χ4n) is 2.80. The molecule has 2 N–H and O–H groups in total. The quantitative estimate of drug-likeness (QED) is 0.864. The molecular formula is C15H15ClN2O2S. The van der Waals surface area contributed by atoms with Crippen LogP contribution >= 0.6 is 11.6 Å². The summed E-state index contributed by atoms with van der Waals surface area (Å²) >= 11 is 6.08. The van der Waals surface area contributed by atoms with E-state index in [4.69, 9.17) is 17.3 Å². The molecule has 4 nitrogen and oxygen atoms in total. The minimum Gasteiger partial charge on any atom is -0.398 e. The number of nitrogens with two attached hydrogens (primary N) is 1. The molecule has 1 atom stereocenters. The maximum atomic E-state index is 13.0. The Kier molecular flexibility index (Phi) is 3.34. The fraction of sp³-hybridized carbons (Fsp3) is 0.200. The van der Waals surface area contributed by atoms with Gasteiger partial charge in [0.2, 0.25) is 0 Å². The van der Waals surface area contributed by atoms with Crippen molar-refractivity contribution in [3.63, 3.8) is 0 Å². The highest BCUT2D eigenvalue weighted by Crippen LogP contribution is 2.39. The molecular weight excluding hydrogens is 308 g/mol. The molecule has 1 aliphatic rings. The predicted molar refractivity (Wildman–Crippen MR) is 85.1 cm³/mol. The number of fused-ring (bicyclic) bond motifs is 1. The smallest absolute Gasteiger partial charge is 0.268 e. The van der Waals surface area contributed by atoms with Crippen molar-refractivity contribution in [3.8, 4) is 0 Å². The van der Waals surface area contributed by atoms with Crippen LogP contribution in [0.15, 0.2) is 47.4 Å². The Morgan fingerprint density at radius 1 is 1.19 bits per heavy atom. The van der Waals surface area contributed by atoms with E-state index in [2.05, 4.69) is 0 Å². The van der Waals surface area contributed by atoms with Crippen molar-refractivity contribution in [2.75, 3.05) is 10.0 Å². The Bertz CT molecular complexity index is 785. The molecule has 0 aromatic heterocycles. The van der Waals surface area contributed by atoms with Crippen LogP contribution in [0, 0.1) is 0 Å². The maximum Gasteiger partial charge on any atom is 0.268 e. The van der Waals surface area contributed by atoms with Crippen LogP contribution in [-0.2, 0) is 16.4 Å². The molecule has 0 bridgehead atoms. The van der Waals surface area contributed by atoms with Gasteiger partial charge < -0.3 is 5.73 Å². The number of hydrogen-bond donors (Lipinski definition) is 1. The lowest BCUT2D eigenvalue weighted by Gasteiger charge is -2.25. The number of benzene rings is 2. The first-order valence-corrected chi connectivity index (χ1v) is 8.41. The van der Waals surface area contributed by atoms with Crippen LogP contribution in [0.5, 0.6) is 0 Å². The normalized spacial score (nSPS) is 17.8. The fourth-order valence-corrected chi connectivity index (χ4v) is 5.14. The molecule has 21 heavy (non-hydrogen) atoms. The van der Waals surface area contributed by atoms with Crippen LogP contribution in [-0.4, -0.2) is 14.5 Å². The van der Waals surface area contributed by atoms with Gasteiger partial charge >= 0.3 is 0 Å². The highest BCUT2D eigenvalue weighted by Gasteiger charge is 2.37. The van der Waals surface area contributed by atoms with Gasteiger partial charge in [-0.05, 0) is 37.1 Å². The molecule has 2 aromatic rings. The third kappa shape index (κ3) is 2.17. The number of nitrogen functional groups attached to an aromatic ring is 1. The monoisotopic (exact) mass is 322 g/mol. The van der Waals surface area contributed by atoms with Crippen molar-refractivity contribution in [2.45, 2.75) is 24.3 Å². The van der Waals surface area contributed by atoms with Gasteiger partial charge in [0, 0.05) is 6.04 Å². The summed E-state index contributed by atoms with van der Waals surface area (Å²) in [5, 5.41) is 0.145. The molecule has 2 aromatic carbocycles. The van der Waals surface area contributed by atoms with Crippen molar-refractivity contribution >= 4 is 33.0 Å². The van der Waals surface area contributed by atoms with Crippen molar-refractivity contribution in [2.24, 2.45) is 0 Å². The van der Waals surface area contributed by atoms with Crippen LogP contribution in [0.2, 0.25) is 5.02 Å². The topological polar surface area (TPSA) is 63.4 Å². The molecule has 6 heteroatoms. The lowest BCUT2D eigenvalue weighted by atomic mass is 10.1. The van der Waals surface area contributed by atoms with Gasteiger partial charge in [-0.25, -0.2) is 8.42 Å². The summed E-state index contributed by atoms with van der Waals surface area (Å²) in [6.07, 6.45) is 0.680. The Morgan fingerprint density at radius 2 is 1.90 bits per heavy atom. The zero-order valence-electron chi connectivity index (χ0n) is 11.5. The molecule has 110 valence electrons. The van der Waals surface area contributed by atoms with Gasteiger partial charge in [-0.2, -0.15) is 0 Å². The third-order valence-electron chi connectivity index (χ3n) is 3.66. The van der Waals surface area contributed by atoms with Crippen LogP contribution in [0.4, 0.5) is 11.4 Å². The zero-order chi connectivity index (χ0) is 15.2. The SMILES string of the molecule is CC1Cc2ccccc2N1S(=O)(=O)c1c(N)cccc1Cl. The van der Waals surface area contributed by atoms with Crippen LogP contribution in [0.25, 0.3) is 0 Å². The molecule has 0 saturated heterocycles. The first kappa shape index (κ1) is 14.2. The van der Waals surface area contributed by atoms with Crippen molar-refractivity contribution < 1.29 is 8.42 Å². The van der Waals surface area contributed by atoms with E-state index in [9.17, 15) is 8.42 Å². The summed E-state index contributed by atoms with van der Waals surface area (Å²) in [5.41, 5.74) is 7.73. The number of hydrogen-bond acceptors (Lipinski definition) is 3. The van der Waals surface area contributed by atoms with E-state index in [0.717, 1.165) is 5.56 Å². The highest BCUT2D eigenvalue weighted by atomic mass is 35.5. The summed E-state index contributed by atoms with van der Waals surface area (Å²) in [6.45, 7) is 1.88. The standard InChI is InChI=1S/C15H15ClN2O2S/c1-10-9-11-5-2-3-8-14(11)18(10)21(19,20)15-12(16)6-4-7-13(15)17/h2-8,10H,9,17H2,1H3. The minimum absolute atomic E-state index is 0.0183. The lowest BCUT2D eigenvalue weighted by Crippen LogP contribution is -2.36. The molecule has 0 aliphatic carbocycles. The molecule has 3 rings (SSSR count). The summed E-state index contributed by atoms with van der Waals surface area (Å²) in [4.78, 5) is -0.0183. The van der Waals surface area contributed by atoms with Gasteiger partial charge in [0.1, 0.15) is 4.90 Å². The van der Waals surface area contributed by atoms with Gasteiger partial charge in [0.05, 0.1) is 16.4 Å². The Labute approximate surface area is 129 Å². The van der Waals surface area contributed by atoms with Gasteiger partial charge in [-0.1, -0.05) is 35.9 Å². The van der Waals surface area contributed by atoms with Crippen LogP contribution in [0.1, 0.15) is 12.5 Å². The van der Waals surface area contributed by atoms with E-state index in [1.54, 1.807) is 12.1 Å². The van der Waals surface area contributed by atoms with Crippen LogP contribution in [0.3, 0.4) is 0 Å². The largest absolute Gasteiger partial charge is 0.398 e. The van der Waals surface area contributed by atoms with E-state index >= 15 is 0 Å². The van der Waals surface area contributed by atoms with Crippen molar-refractivity contribution in [1.82, 2.24) is 0 Å². The number of para-hydroxylation sites is 1. The number of nitrogens with zero attached hydrogens (tertiary/aromatic N) is 1. The molecule has 0 fully saturated rings. The maximum absolute atomic E-state index is 13.0. The second kappa shape index (κ2) is 4.93. The predicted octanol–water partition coefficient (Wildman–Crippen LogP) is 3.06. The summed E-state index contributed by atoms with van der Waals surface area (Å²) in [6, 6.07) is 12.0. The average Bonchev–Trinajstić information content (AvgIpc) is 2.74. The second-order valence-electron chi connectivity index (χ2n) is 5.14. The van der Waals surface area contributed by atoms with Gasteiger partial charge in [-0.15, -0.1) is 0 Å². The number of sulfonamides is 1. The molecule has 0 spiro atoms.